The van der Waals surface area contributed by atoms with Crippen LogP contribution >= 0.6 is 0 Å². The lowest BCUT2D eigenvalue weighted by Gasteiger charge is -2.01. The monoisotopic (exact) mass is 220 g/mol. The molecule has 0 fully saturated rings. The molecule has 2 aromatic rings. The predicted octanol–water partition coefficient (Wildman–Crippen LogP) is 2.27. The minimum Gasteiger partial charge on any atom is -0.388 e. The van der Waals surface area contributed by atoms with Crippen molar-refractivity contribution in [2.24, 2.45) is 0 Å². The third kappa shape index (κ3) is 1.84. The first kappa shape index (κ1) is 10.8. The van der Waals surface area contributed by atoms with Crippen molar-refractivity contribution < 1.29 is 9.50 Å². The van der Waals surface area contributed by atoms with Crippen molar-refractivity contribution in [2.75, 3.05) is 0 Å². The van der Waals surface area contributed by atoms with Gasteiger partial charge in [0, 0.05) is 11.3 Å². The van der Waals surface area contributed by atoms with Gasteiger partial charge in [0.2, 0.25) is 0 Å². The number of halogens is 1. The smallest absolute Gasteiger partial charge is 0.132 e. The molecule has 0 saturated heterocycles. The number of aliphatic hydroxyl groups is 1. The number of nitrogens with zero attached hydrogens (tertiary/aromatic N) is 1. The number of hydrogen-bond donors (Lipinski definition) is 2. The molecule has 0 atom stereocenters. The van der Waals surface area contributed by atoms with Crippen molar-refractivity contribution in [3.8, 4) is 11.3 Å². The van der Waals surface area contributed by atoms with Gasteiger partial charge in [-0.05, 0) is 18.6 Å². The van der Waals surface area contributed by atoms with Gasteiger partial charge in [-0.15, -0.1) is 0 Å². The molecule has 84 valence electrons. The van der Waals surface area contributed by atoms with E-state index in [1.807, 2.05) is 6.92 Å². The van der Waals surface area contributed by atoms with Gasteiger partial charge >= 0.3 is 0 Å². The summed E-state index contributed by atoms with van der Waals surface area (Å²) in [5.41, 5.74) is 1.90. The maximum Gasteiger partial charge on any atom is 0.132 e. The molecular weight excluding hydrogens is 207 g/mol. The Kier molecular flexibility index (Phi) is 3.01. The van der Waals surface area contributed by atoms with Crippen molar-refractivity contribution >= 4 is 0 Å². The molecule has 4 heteroatoms. The molecule has 0 aliphatic carbocycles. The highest BCUT2D eigenvalue weighted by molar-refractivity contribution is 5.62. The summed E-state index contributed by atoms with van der Waals surface area (Å²) < 4.78 is 13.6. The summed E-state index contributed by atoms with van der Waals surface area (Å²) in [6.07, 6.45) is 0.719. The fourth-order valence-electron chi connectivity index (χ4n) is 1.67. The molecule has 0 unspecified atom stereocenters. The second-order valence-corrected chi connectivity index (χ2v) is 3.50. The van der Waals surface area contributed by atoms with E-state index in [4.69, 9.17) is 5.11 Å². The van der Waals surface area contributed by atoms with Crippen LogP contribution in [0.4, 0.5) is 4.39 Å². The molecule has 1 aromatic heterocycles. The third-order valence-electron chi connectivity index (χ3n) is 2.46. The minimum atomic E-state index is -0.298. The average Bonchev–Trinajstić information content (AvgIpc) is 2.72. The van der Waals surface area contributed by atoms with Gasteiger partial charge in [-0.2, -0.15) is 0 Å². The number of benzene rings is 1. The third-order valence-corrected chi connectivity index (χ3v) is 2.46. The first-order valence-corrected chi connectivity index (χ1v) is 5.19. The molecule has 0 bridgehead atoms. The number of H-pyrrole nitrogens is 1. The van der Waals surface area contributed by atoms with Crippen LogP contribution in [0.25, 0.3) is 11.3 Å². The summed E-state index contributed by atoms with van der Waals surface area (Å²) in [4.78, 5) is 7.16. The van der Waals surface area contributed by atoms with Crippen molar-refractivity contribution in [1.82, 2.24) is 9.97 Å². The standard InChI is InChI=1S/C12H13FN2O/c1-2-10-12(15-11(7-16)14-10)8-5-3-4-6-9(8)13/h3-6,16H,2,7H2,1H3,(H,14,15). The number of nitrogens with one attached hydrogen (secondary N) is 1. The van der Waals surface area contributed by atoms with Crippen LogP contribution < -0.4 is 0 Å². The zero-order chi connectivity index (χ0) is 11.5. The molecule has 1 aromatic carbocycles. The van der Waals surface area contributed by atoms with Gasteiger partial charge in [-0.25, -0.2) is 9.37 Å². The highest BCUT2D eigenvalue weighted by atomic mass is 19.1. The predicted molar refractivity (Wildman–Crippen MR) is 59.3 cm³/mol. The van der Waals surface area contributed by atoms with Gasteiger partial charge < -0.3 is 10.1 Å². The van der Waals surface area contributed by atoms with E-state index in [1.54, 1.807) is 18.2 Å². The largest absolute Gasteiger partial charge is 0.388 e. The van der Waals surface area contributed by atoms with E-state index in [-0.39, 0.29) is 12.4 Å². The second kappa shape index (κ2) is 4.45. The fraction of sp³-hybridized carbons (Fsp3) is 0.250. The van der Waals surface area contributed by atoms with E-state index in [0.717, 1.165) is 12.1 Å². The average molecular weight is 220 g/mol. The molecule has 0 radical (unpaired) electrons. The fourth-order valence-corrected chi connectivity index (χ4v) is 1.67. The Balaban J connectivity index is 2.54. The maximum absolute atomic E-state index is 13.6. The Labute approximate surface area is 93.0 Å². The summed E-state index contributed by atoms with van der Waals surface area (Å²) in [6, 6.07) is 6.50. The minimum absolute atomic E-state index is 0.165. The van der Waals surface area contributed by atoms with Crippen LogP contribution in [0.2, 0.25) is 0 Å². The summed E-state index contributed by atoms with van der Waals surface area (Å²) >= 11 is 0. The zero-order valence-corrected chi connectivity index (χ0v) is 9.00. The van der Waals surface area contributed by atoms with Gasteiger partial charge in [0.25, 0.3) is 0 Å². The van der Waals surface area contributed by atoms with Crippen LogP contribution in [-0.2, 0) is 13.0 Å². The summed E-state index contributed by atoms with van der Waals surface area (Å²) in [6.45, 7) is 1.79. The van der Waals surface area contributed by atoms with Gasteiger partial charge in [-0.3, -0.25) is 0 Å². The van der Waals surface area contributed by atoms with E-state index in [0.29, 0.717) is 17.1 Å². The van der Waals surface area contributed by atoms with Gasteiger partial charge in [0.1, 0.15) is 18.2 Å². The molecule has 3 nitrogen and oxygen atoms in total. The number of aryl methyl sites for hydroxylation is 1. The van der Waals surface area contributed by atoms with Crippen molar-refractivity contribution in [3.63, 3.8) is 0 Å². The number of aromatic amines is 1. The van der Waals surface area contributed by atoms with Crippen LogP contribution in [0.3, 0.4) is 0 Å². The normalized spacial score (nSPS) is 10.7. The van der Waals surface area contributed by atoms with Crippen LogP contribution in [0.15, 0.2) is 24.3 Å². The molecule has 16 heavy (non-hydrogen) atoms. The maximum atomic E-state index is 13.6. The SMILES string of the molecule is CCc1[nH]c(CO)nc1-c1ccccc1F. The quantitative estimate of drug-likeness (QED) is 0.833. The van der Waals surface area contributed by atoms with Crippen LogP contribution in [0.1, 0.15) is 18.4 Å². The van der Waals surface area contributed by atoms with Crippen molar-refractivity contribution in [2.45, 2.75) is 20.0 Å². The Hall–Kier alpha value is -1.68. The second-order valence-electron chi connectivity index (χ2n) is 3.50. The first-order valence-electron chi connectivity index (χ1n) is 5.19. The number of hydrogen-bond acceptors (Lipinski definition) is 2. The molecule has 0 amide bonds. The Morgan fingerprint density at radius 3 is 2.75 bits per heavy atom. The molecule has 2 N–H and O–H groups in total. The lowest BCUT2D eigenvalue weighted by atomic mass is 10.1. The van der Waals surface area contributed by atoms with E-state index in [9.17, 15) is 4.39 Å². The van der Waals surface area contributed by atoms with Crippen molar-refractivity contribution in [1.29, 1.82) is 0 Å². The molecule has 0 spiro atoms. The number of aromatic nitrogens is 2. The number of imidazole rings is 1. The molecule has 0 aliphatic heterocycles. The number of aliphatic hydroxyl groups excluding tert-OH is 1. The summed E-state index contributed by atoms with van der Waals surface area (Å²) in [7, 11) is 0. The Morgan fingerprint density at radius 2 is 2.12 bits per heavy atom. The highest BCUT2D eigenvalue weighted by Crippen LogP contribution is 2.24. The molecule has 2 rings (SSSR count). The van der Waals surface area contributed by atoms with E-state index in [2.05, 4.69) is 9.97 Å². The molecule has 0 aliphatic rings. The number of rotatable bonds is 3. The van der Waals surface area contributed by atoms with Crippen molar-refractivity contribution in [3.05, 3.63) is 41.6 Å². The first-order chi connectivity index (χ1) is 7.76. The van der Waals surface area contributed by atoms with Crippen LogP contribution in [0.5, 0.6) is 0 Å². The lowest BCUT2D eigenvalue weighted by Crippen LogP contribution is -1.89. The van der Waals surface area contributed by atoms with Gasteiger partial charge in [-0.1, -0.05) is 19.1 Å². The van der Waals surface area contributed by atoms with E-state index in [1.165, 1.54) is 6.07 Å². The van der Waals surface area contributed by atoms with Gasteiger partial charge in [0.05, 0.1) is 5.69 Å². The Morgan fingerprint density at radius 1 is 1.38 bits per heavy atom. The van der Waals surface area contributed by atoms with Crippen LogP contribution in [0, 0.1) is 5.82 Å². The summed E-state index contributed by atoms with van der Waals surface area (Å²) in [5.74, 6) is 0.170. The highest BCUT2D eigenvalue weighted by Gasteiger charge is 2.13. The van der Waals surface area contributed by atoms with E-state index >= 15 is 0 Å². The lowest BCUT2D eigenvalue weighted by molar-refractivity contribution is 0.272. The zero-order valence-electron chi connectivity index (χ0n) is 9.00. The van der Waals surface area contributed by atoms with E-state index < -0.39 is 0 Å². The Bertz CT molecular complexity index is 494. The van der Waals surface area contributed by atoms with Crippen LogP contribution in [-0.4, -0.2) is 15.1 Å². The topological polar surface area (TPSA) is 48.9 Å². The molecular formula is C12H13FN2O. The summed E-state index contributed by atoms with van der Waals surface area (Å²) in [5, 5.41) is 9.00. The molecule has 1 heterocycles. The molecule has 0 saturated carbocycles. The van der Waals surface area contributed by atoms with Gasteiger partial charge in [0.15, 0.2) is 0 Å².